The van der Waals surface area contributed by atoms with Gasteiger partial charge in [-0.3, -0.25) is 0 Å². The van der Waals surface area contributed by atoms with E-state index in [1.54, 1.807) is 0 Å². The van der Waals surface area contributed by atoms with Crippen molar-refractivity contribution in [1.29, 1.82) is 5.26 Å². The molecule has 0 fully saturated rings. The second-order valence-corrected chi connectivity index (χ2v) is 3.85. The fraction of sp³-hybridized carbons (Fsp3) is 0.125. The summed E-state index contributed by atoms with van der Waals surface area (Å²) in [5, 5.41) is 8.46. The van der Waals surface area contributed by atoms with Crippen molar-refractivity contribution in [1.82, 2.24) is 0 Å². The summed E-state index contributed by atoms with van der Waals surface area (Å²) < 4.78 is 33.5. The minimum atomic E-state index is -4.67. The molecule has 13 heavy (non-hydrogen) atoms. The molecule has 0 saturated carbocycles. The van der Waals surface area contributed by atoms with E-state index in [1.807, 2.05) is 6.07 Å². The fourth-order valence-electron chi connectivity index (χ4n) is 0.993. The fourth-order valence-corrected chi connectivity index (χ4v) is 1.67. The Kier molecular flexibility index (Phi) is 2.34. The first kappa shape index (κ1) is 9.68. The SMILES string of the molecule is Cc1cc(C#N)ccc1S(=O)(=O)F. The average molecular weight is 199 g/mol. The van der Waals surface area contributed by atoms with E-state index in [9.17, 15) is 12.3 Å². The molecule has 5 heteroatoms. The van der Waals surface area contributed by atoms with Gasteiger partial charge in [0.15, 0.2) is 0 Å². The summed E-state index contributed by atoms with van der Waals surface area (Å²) in [6.07, 6.45) is 0. The van der Waals surface area contributed by atoms with Crippen LogP contribution in [-0.2, 0) is 10.2 Å². The predicted molar refractivity (Wildman–Crippen MR) is 44.2 cm³/mol. The molecule has 0 aliphatic heterocycles. The van der Waals surface area contributed by atoms with Crippen LogP contribution in [0.4, 0.5) is 3.89 Å². The number of hydrogen-bond donors (Lipinski definition) is 0. The zero-order valence-electron chi connectivity index (χ0n) is 6.78. The lowest BCUT2D eigenvalue weighted by atomic mass is 10.2. The standard InChI is InChI=1S/C8H6FNO2S/c1-6-4-7(5-10)2-3-8(6)13(9,11)12/h2-4H,1H3. The highest BCUT2D eigenvalue weighted by atomic mass is 32.3. The van der Waals surface area contributed by atoms with Crippen LogP contribution in [0.3, 0.4) is 0 Å². The maximum atomic E-state index is 12.5. The lowest BCUT2D eigenvalue weighted by Crippen LogP contribution is -1.95. The minimum Gasteiger partial charge on any atom is -0.192 e. The molecule has 0 heterocycles. The van der Waals surface area contributed by atoms with Gasteiger partial charge in [-0.1, -0.05) is 0 Å². The third kappa shape index (κ3) is 2.04. The van der Waals surface area contributed by atoms with Gasteiger partial charge in [-0.25, -0.2) is 0 Å². The zero-order valence-corrected chi connectivity index (χ0v) is 7.60. The average Bonchev–Trinajstić information content (AvgIpc) is 2.01. The second-order valence-electron chi connectivity index (χ2n) is 2.53. The van der Waals surface area contributed by atoms with Gasteiger partial charge in [-0.05, 0) is 30.7 Å². The molecule has 0 bridgehead atoms. The Morgan fingerprint density at radius 2 is 2.08 bits per heavy atom. The zero-order chi connectivity index (χ0) is 10.1. The second kappa shape index (κ2) is 3.15. The van der Waals surface area contributed by atoms with Gasteiger partial charge in [0.25, 0.3) is 0 Å². The molecule has 0 saturated heterocycles. The van der Waals surface area contributed by atoms with E-state index in [2.05, 4.69) is 0 Å². The number of benzene rings is 1. The van der Waals surface area contributed by atoms with Crippen molar-refractivity contribution in [3.63, 3.8) is 0 Å². The van der Waals surface area contributed by atoms with Crippen LogP contribution >= 0.6 is 0 Å². The highest BCUT2D eigenvalue weighted by Crippen LogP contribution is 2.18. The van der Waals surface area contributed by atoms with Crippen LogP contribution in [0.25, 0.3) is 0 Å². The van der Waals surface area contributed by atoms with E-state index in [0.717, 1.165) is 6.07 Å². The highest BCUT2D eigenvalue weighted by Gasteiger charge is 2.14. The normalized spacial score (nSPS) is 10.8. The predicted octanol–water partition coefficient (Wildman–Crippen LogP) is 1.52. The number of aryl methyl sites for hydroxylation is 1. The lowest BCUT2D eigenvalue weighted by Gasteiger charge is -1.99. The summed E-state index contributed by atoms with van der Waals surface area (Å²) in [6, 6.07) is 5.50. The van der Waals surface area contributed by atoms with Crippen molar-refractivity contribution >= 4 is 10.2 Å². The first-order valence-corrected chi connectivity index (χ1v) is 4.79. The molecular formula is C8H6FNO2S. The van der Waals surface area contributed by atoms with Crippen LogP contribution in [0.1, 0.15) is 11.1 Å². The van der Waals surface area contributed by atoms with Crippen molar-refractivity contribution in [2.75, 3.05) is 0 Å². The van der Waals surface area contributed by atoms with Crippen LogP contribution in [-0.4, -0.2) is 8.42 Å². The summed E-state index contributed by atoms with van der Waals surface area (Å²) in [6.45, 7) is 1.44. The molecule has 0 N–H and O–H groups in total. The summed E-state index contributed by atoms with van der Waals surface area (Å²) in [5.74, 6) is 0. The molecule has 0 aromatic heterocycles. The van der Waals surface area contributed by atoms with Gasteiger partial charge in [-0.2, -0.15) is 13.7 Å². The van der Waals surface area contributed by atoms with Gasteiger partial charge in [0.1, 0.15) is 4.90 Å². The Labute approximate surface area is 75.6 Å². The Balaban J connectivity index is 3.40. The Hall–Kier alpha value is -1.41. The van der Waals surface area contributed by atoms with Crippen LogP contribution < -0.4 is 0 Å². The molecule has 0 radical (unpaired) electrons. The van der Waals surface area contributed by atoms with Gasteiger partial charge in [0.05, 0.1) is 11.6 Å². The largest absolute Gasteiger partial charge is 0.332 e. The Morgan fingerprint density at radius 1 is 1.46 bits per heavy atom. The molecule has 1 rings (SSSR count). The maximum absolute atomic E-state index is 12.5. The molecule has 0 spiro atoms. The van der Waals surface area contributed by atoms with Crippen LogP contribution in [0.5, 0.6) is 0 Å². The summed E-state index contributed by atoms with van der Waals surface area (Å²) in [5.41, 5.74) is 0.548. The Bertz CT molecular complexity index is 473. The summed E-state index contributed by atoms with van der Waals surface area (Å²) in [7, 11) is -4.67. The van der Waals surface area contributed by atoms with E-state index >= 15 is 0 Å². The molecule has 0 aliphatic carbocycles. The van der Waals surface area contributed by atoms with Gasteiger partial charge in [-0.15, -0.1) is 3.89 Å². The quantitative estimate of drug-likeness (QED) is 0.644. The molecule has 68 valence electrons. The highest BCUT2D eigenvalue weighted by molar-refractivity contribution is 7.86. The molecule has 0 unspecified atom stereocenters. The molecule has 0 atom stereocenters. The summed E-state index contributed by atoms with van der Waals surface area (Å²) in [4.78, 5) is -0.383. The monoisotopic (exact) mass is 199 g/mol. The number of nitriles is 1. The van der Waals surface area contributed by atoms with E-state index in [4.69, 9.17) is 5.26 Å². The van der Waals surface area contributed by atoms with Crippen molar-refractivity contribution in [2.24, 2.45) is 0 Å². The molecule has 0 amide bonds. The van der Waals surface area contributed by atoms with E-state index in [1.165, 1.54) is 19.1 Å². The van der Waals surface area contributed by atoms with Crippen molar-refractivity contribution in [3.8, 4) is 6.07 Å². The van der Waals surface area contributed by atoms with E-state index in [0.29, 0.717) is 5.56 Å². The number of hydrogen-bond acceptors (Lipinski definition) is 3. The smallest absolute Gasteiger partial charge is 0.192 e. The van der Waals surface area contributed by atoms with E-state index in [-0.39, 0.29) is 10.5 Å². The third-order valence-corrected chi connectivity index (χ3v) is 2.55. The third-order valence-electron chi connectivity index (χ3n) is 1.57. The molecular weight excluding hydrogens is 193 g/mol. The molecule has 3 nitrogen and oxygen atoms in total. The van der Waals surface area contributed by atoms with Gasteiger partial charge in [0, 0.05) is 0 Å². The van der Waals surface area contributed by atoms with Crippen molar-refractivity contribution in [2.45, 2.75) is 11.8 Å². The number of rotatable bonds is 1. The van der Waals surface area contributed by atoms with Gasteiger partial charge < -0.3 is 0 Å². The van der Waals surface area contributed by atoms with Crippen LogP contribution in [0, 0.1) is 18.3 Å². The lowest BCUT2D eigenvalue weighted by molar-refractivity contribution is 0.551. The maximum Gasteiger partial charge on any atom is 0.332 e. The van der Waals surface area contributed by atoms with Gasteiger partial charge >= 0.3 is 10.2 Å². The van der Waals surface area contributed by atoms with Crippen LogP contribution in [0.2, 0.25) is 0 Å². The minimum absolute atomic E-state index is 0.238. The summed E-state index contributed by atoms with van der Waals surface area (Å²) >= 11 is 0. The molecule has 0 aliphatic rings. The van der Waals surface area contributed by atoms with Gasteiger partial charge in [0.2, 0.25) is 0 Å². The first-order valence-electron chi connectivity index (χ1n) is 3.40. The Morgan fingerprint density at radius 3 is 2.46 bits per heavy atom. The molecule has 1 aromatic carbocycles. The van der Waals surface area contributed by atoms with Crippen LogP contribution in [0.15, 0.2) is 23.1 Å². The number of nitrogens with zero attached hydrogens (tertiary/aromatic N) is 1. The van der Waals surface area contributed by atoms with E-state index < -0.39 is 10.2 Å². The topological polar surface area (TPSA) is 57.9 Å². The first-order chi connectivity index (χ1) is 5.95. The molecule has 1 aromatic rings. The van der Waals surface area contributed by atoms with Crippen molar-refractivity contribution < 1.29 is 12.3 Å². The number of halogens is 1. The van der Waals surface area contributed by atoms with Crippen molar-refractivity contribution in [3.05, 3.63) is 29.3 Å².